The Kier molecular flexibility index (Phi) is 7.10. The molecule has 2 aliphatic rings. The van der Waals surface area contributed by atoms with Crippen molar-refractivity contribution in [2.45, 2.75) is 71.1 Å². The number of benzene rings is 1. The van der Waals surface area contributed by atoms with Gasteiger partial charge in [0, 0.05) is 5.02 Å². The van der Waals surface area contributed by atoms with Crippen LogP contribution in [0.1, 0.15) is 58.4 Å². The molecule has 1 unspecified atom stereocenters. The number of nitrogens with one attached hydrogen (secondary N) is 1. The van der Waals surface area contributed by atoms with Gasteiger partial charge in [-0.15, -0.1) is 0 Å². The first-order chi connectivity index (χ1) is 14.2. The van der Waals surface area contributed by atoms with Crippen LogP contribution in [0.4, 0.5) is 4.79 Å². The summed E-state index contributed by atoms with van der Waals surface area (Å²) in [4.78, 5) is 26.7. The average molecular weight is 437 g/mol. The highest BCUT2D eigenvalue weighted by Crippen LogP contribution is 2.45. The van der Waals surface area contributed by atoms with Gasteiger partial charge < -0.3 is 15.2 Å². The third-order valence-corrected chi connectivity index (χ3v) is 7.24. The molecule has 1 aliphatic heterocycles. The normalized spacial score (nSPS) is 25.6. The molecular formula is C23H33ClN2O4. The van der Waals surface area contributed by atoms with Crippen LogP contribution in [0.15, 0.2) is 24.3 Å². The van der Waals surface area contributed by atoms with Gasteiger partial charge in [0.05, 0.1) is 25.9 Å². The molecule has 0 bridgehead atoms. The van der Waals surface area contributed by atoms with E-state index in [1.54, 1.807) is 12.1 Å². The Morgan fingerprint density at radius 3 is 2.50 bits per heavy atom. The predicted octanol–water partition coefficient (Wildman–Crippen LogP) is 4.13. The number of β-amino-alcohol motifs (C(OH)–C–C–N with tert-alkyl or cyclic N) is 1. The third kappa shape index (κ3) is 4.98. The molecule has 1 atom stereocenters. The fourth-order valence-corrected chi connectivity index (χ4v) is 4.64. The van der Waals surface area contributed by atoms with Gasteiger partial charge in [-0.2, -0.15) is 0 Å². The van der Waals surface area contributed by atoms with Gasteiger partial charge in [0.15, 0.2) is 0 Å². The lowest BCUT2D eigenvalue weighted by atomic mass is 9.65. The lowest BCUT2D eigenvalue weighted by molar-refractivity contribution is -0.134. The van der Waals surface area contributed by atoms with Gasteiger partial charge in [-0.3, -0.25) is 9.69 Å². The number of imide groups is 1. The molecule has 1 heterocycles. The smallest absolute Gasteiger partial charge is 0.325 e. The lowest BCUT2D eigenvalue weighted by Gasteiger charge is -2.42. The zero-order valence-electron chi connectivity index (χ0n) is 18.1. The van der Waals surface area contributed by atoms with Crippen LogP contribution in [0.5, 0.6) is 0 Å². The summed E-state index contributed by atoms with van der Waals surface area (Å²) in [5.74, 6) is 0.343. The SMILES string of the molecule is CCC(C)(C)C1CCC2(CC1)NC(=O)N(CC(O)COCc1ccc(Cl)cc1)C2=O. The van der Waals surface area contributed by atoms with Crippen molar-refractivity contribution >= 4 is 23.5 Å². The first-order valence-corrected chi connectivity index (χ1v) is 11.2. The number of ether oxygens (including phenoxy) is 1. The molecule has 0 aromatic heterocycles. The monoisotopic (exact) mass is 436 g/mol. The second-order valence-corrected chi connectivity index (χ2v) is 9.78. The molecule has 2 N–H and O–H groups in total. The Hall–Kier alpha value is -1.63. The van der Waals surface area contributed by atoms with Crippen LogP contribution in [-0.2, 0) is 16.1 Å². The van der Waals surface area contributed by atoms with E-state index in [2.05, 4.69) is 26.1 Å². The second-order valence-electron chi connectivity index (χ2n) is 9.34. The Balaban J connectivity index is 1.50. The van der Waals surface area contributed by atoms with Crippen LogP contribution in [0.2, 0.25) is 5.02 Å². The Morgan fingerprint density at radius 2 is 1.90 bits per heavy atom. The molecule has 1 aliphatic carbocycles. The van der Waals surface area contributed by atoms with Gasteiger partial charge in [-0.25, -0.2) is 4.79 Å². The minimum absolute atomic E-state index is 0.0411. The van der Waals surface area contributed by atoms with Gasteiger partial charge in [0.2, 0.25) is 0 Å². The van der Waals surface area contributed by atoms with Crippen molar-refractivity contribution in [2.24, 2.45) is 11.3 Å². The number of amides is 3. The van der Waals surface area contributed by atoms with Crippen LogP contribution in [0.25, 0.3) is 0 Å². The summed E-state index contributed by atoms with van der Waals surface area (Å²) in [6.45, 7) is 7.06. The van der Waals surface area contributed by atoms with Crippen molar-refractivity contribution < 1.29 is 19.4 Å². The highest BCUT2D eigenvalue weighted by molar-refractivity contribution is 6.30. The van der Waals surface area contributed by atoms with E-state index in [4.69, 9.17) is 16.3 Å². The van der Waals surface area contributed by atoms with Crippen molar-refractivity contribution in [2.75, 3.05) is 13.2 Å². The molecule has 7 heteroatoms. The van der Waals surface area contributed by atoms with Crippen molar-refractivity contribution in [3.05, 3.63) is 34.9 Å². The number of aliphatic hydroxyl groups excluding tert-OH is 1. The van der Waals surface area contributed by atoms with Crippen molar-refractivity contribution in [1.82, 2.24) is 10.2 Å². The molecule has 3 rings (SSSR count). The molecule has 0 radical (unpaired) electrons. The van der Waals surface area contributed by atoms with Crippen LogP contribution in [-0.4, -0.2) is 46.7 Å². The lowest BCUT2D eigenvalue weighted by Crippen LogP contribution is -2.51. The number of nitrogens with zero attached hydrogens (tertiary/aromatic N) is 1. The maximum atomic E-state index is 13.1. The standard InChI is InChI=1S/C23H33ClN2O4/c1-4-22(2,3)17-9-11-23(12-10-17)20(28)26(21(29)25-23)13-19(27)15-30-14-16-5-7-18(24)8-6-16/h5-8,17,19,27H,4,9-15H2,1-3H3,(H,25,29). The van der Waals surface area contributed by atoms with E-state index < -0.39 is 17.7 Å². The van der Waals surface area contributed by atoms with Crippen LogP contribution < -0.4 is 5.32 Å². The maximum Gasteiger partial charge on any atom is 0.325 e. The van der Waals surface area contributed by atoms with Crippen LogP contribution >= 0.6 is 11.6 Å². The molecule has 1 aromatic carbocycles. The van der Waals surface area contributed by atoms with E-state index in [0.29, 0.717) is 30.4 Å². The molecule has 166 valence electrons. The summed E-state index contributed by atoms with van der Waals surface area (Å²) in [5.41, 5.74) is 0.374. The number of urea groups is 1. The number of carbonyl (C=O) groups excluding carboxylic acids is 2. The van der Waals surface area contributed by atoms with Crippen molar-refractivity contribution in [3.63, 3.8) is 0 Å². The third-order valence-electron chi connectivity index (χ3n) is 6.99. The number of hydrogen-bond acceptors (Lipinski definition) is 4. The van der Waals surface area contributed by atoms with Crippen molar-refractivity contribution in [1.29, 1.82) is 0 Å². The first kappa shape index (κ1) is 23.0. The highest BCUT2D eigenvalue weighted by Gasteiger charge is 2.53. The molecule has 1 saturated carbocycles. The van der Waals surface area contributed by atoms with Gasteiger partial charge in [-0.05, 0) is 54.7 Å². The first-order valence-electron chi connectivity index (χ1n) is 10.8. The van der Waals surface area contributed by atoms with Crippen LogP contribution in [0, 0.1) is 11.3 Å². The second kappa shape index (κ2) is 9.25. The molecule has 30 heavy (non-hydrogen) atoms. The maximum absolute atomic E-state index is 13.1. The van der Waals surface area contributed by atoms with Gasteiger partial charge in [-0.1, -0.05) is 50.9 Å². The molecule has 6 nitrogen and oxygen atoms in total. The molecular weight excluding hydrogens is 404 g/mol. The van der Waals surface area contributed by atoms with E-state index in [-0.39, 0.29) is 24.5 Å². The summed E-state index contributed by atoms with van der Waals surface area (Å²) < 4.78 is 5.54. The van der Waals surface area contributed by atoms with Crippen molar-refractivity contribution in [3.8, 4) is 0 Å². The predicted molar refractivity (Wildman–Crippen MR) is 116 cm³/mol. The van der Waals surface area contributed by atoms with Gasteiger partial charge in [0.25, 0.3) is 5.91 Å². The molecule has 1 aromatic rings. The fourth-order valence-electron chi connectivity index (χ4n) is 4.52. The average Bonchev–Trinajstić information content (AvgIpc) is 2.94. The fraction of sp³-hybridized carbons (Fsp3) is 0.652. The summed E-state index contributed by atoms with van der Waals surface area (Å²) >= 11 is 5.86. The number of carbonyl (C=O) groups is 2. The topological polar surface area (TPSA) is 78.9 Å². The summed E-state index contributed by atoms with van der Waals surface area (Å²) in [5, 5.41) is 13.9. The zero-order valence-corrected chi connectivity index (χ0v) is 18.9. The number of rotatable bonds is 8. The van der Waals surface area contributed by atoms with Gasteiger partial charge >= 0.3 is 6.03 Å². The quantitative estimate of drug-likeness (QED) is 0.600. The summed E-state index contributed by atoms with van der Waals surface area (Å²) in [6, 6.07) is 6.85. The molecule has 3 amide bonds. The van der Waals surface area contributed by atoms with E-state index >= 15 is 0 Å². The number of halogens is 1. The zero-order chi connectivity index (χ0) is 21.9. The Labute approximate surface area is 183 Å². The number of hydrogen-bond donors (Lipinski definition) is 2. The van der Waals surface area contributed by atoms with E-state index in [9.17, 15) is 14.7 Å². The largest absolute Gasteiger partial charge is 0.389 e. The molecule has 2 fully saturated rings. The minimum Gasteiger partial charge on any atom is -0.389 e. The van der Waals surface area contributed by atoms with E-state index in [1.807, 2.05) is 12.1 Å². The highest BCUT2D eigenvalue weighted by atomic mass is 35.5. The molecule has 1 spiro atoms. The summed E-state index contributed by atoms with van der Waals surface area (Å²) in [7, 11) is 0. The van der Waals surface area contributed by atoms with E-state index in [0.717, 1.165) is 29.7 Å². The Bertz CT molecular complexity index is 757. The van der Waals surface area contributed by atoms with Crippen LogP contribution in [0.3, 0.4) is 0 Å². The van der Waals surface area contributed by atoms with E-state index in [1.165, 1.54) is 0 Å². The van der Waals surface area contributed by atoms with Gasteiger partial charge in [0.1, 0.15) is 5.54 Å². The Morgan fingerprint density at radius 1 is 1.27 bits per heavy atom. The molecule has 1 saturated heterocycles. The number of aliphatic hydroxyl groups is 1. The summed E-state index contributed by atoms with van der Waals surface area (Å²) in [6.07, 6.45) is 3.33. The minimum atomic E-state index is -0.933.